The second kappa shape index (κ2) is 10.1. The minimum Gasteiger partial charge on any atom is -0.463 e. The maximum absolute atomic E-state index is 11.7. The molecule has 1 aromatic heterocycles. The number of nitrogens with two attached hydrogens (primary N) is 1. The molecule has 1 aromatic carbocycles. The van der Waals surface area contributed by atoms with Crippen LogP contribution in [0.3, 0.4) is 0 Å². The average molecular weight is 493 g/mol. The highest BCUT2D eigenvalue weighted by Crippen LogP contribution is 2.40. The van der Waals surface area contributed by atoms with Crippen LogP contribution in [0.2, 0.25) is 0 Å². The number of carbonyl (C=O) groups is 1. The highest BCUT2D eigenvalue weighted by molar-refractivity contribution is 6.09. The van der Waals surface area contributed by atoms with Gasteiger partial charge in [0.25, 0.3) is 0 Å². The van der Waals surface area contributed by atoms with Gasteiger partial charge < -0.3 is 20.5 Å². The van der Waals surface area contributed by atoms with Gasteiger partial charge >= 0.3 is 0 Å². The first kappa shape index (κ1) is 24.6. The number of anilines is 1. The summed E-state index contributed by atoms with van der Waals surface area (Å²) in [7, 11) is 0. The lowest BCUT2D eigenvalue weighted by atomic mass is 9.78. The number of benzene rings is 1. The van der Waals surface area contributed by atoms with Crippen molar-refractivity contribution in [1.29, 1.82) is 0 Å². The van der Waals surface area contributed by atoms with Crippen molar-refractivity contribution in [3.8, 4) is 5.88 Å². The van der Waals surface area contributed by atoms with Crippen molar-refractivity contribution in [3.05, 3.63) is 41.7 Å². The van der Waals surface area contributed by atoms with Crippen LogP contribution in [0.1, 0.15) is 56.6 Å². The maximum atomic E-state index is 11.7. The Morgan fingerprint density at radius 3 is 2.44 bits per heavy atom. The number of piperazine rings is 1. The van der Waals surface area contributed by atoms with E-state index in [1.807, 2.05) is 13.8 Å². The van der Waals surface area contributed by atoms with Crippen LogP contribution in [0, 0.1) is 5.92 Å². The lowest BCUT2D eigenvalue weighted by molar-refractivity contribution is -0.136. The summed E-state index contributed by atoms with van der Waals surface area (Å²) in [5.74, 6) is 1.88. The number of hydrogen-bond acceptors (Lipinski definition) is 8. The monoisotopic (exact) mass is 492 g/mol. The van der Waals surface area contributed by atoms with Gasteiger partial charge in [0.05, 0.1) is 5.71 Å². The molecule has 3 N–H and O–H groups in total. The normalized spacial score (nSPS) is 24.0. The van der Waals surface area contributed by atoms with E-state index in [4.69, 9.17) is 20.6 Å². The van der Waals surface area contributed by atoms with Gasteiger partial charge in [0, 0.05) is 38.3 Å². The molecule has 2 aliphatic heterocycles. The van der Waals surface area contributed by atoms with Crippen molar-refractivity contribution in [2.75, 3.05) is 45.1 Å². The SMILES string of the molecule is CC1(C)Oc2ncnc(N)c2N=C1c1ccc(C2CCC(CN3CCN(C(=O)CO)CC3)CC2)cc1. The minimum atomic E-state index is -0.621. The number of aliphatic imine (C=N–C) groups is 1. The second-order valence-electron chi connectivity index (χ2n) is 10.7. The summed E-state index contributed by atoms with van der Waals surface area (Å²) in [6.07, 6.45) is 6.25. The van der Waals surface area contributed by atoms with Crippen LogP contribution < -0.4 is 10.5 Å². The predicted molar refractivity (Wildman–Crippen MR) is 139 cm³/mol. The molecule has 0 bridgehead atoms. The van der Waals surface area contributed by atoms with E-state index in [2.05, 4.69) is 39.1 Å². The van der Waals surface area contributed by atoms with Gasteiger partial charge in [-0.3, -0.25) is 9.69 Å². The molecule has 0 spiro atoms. The molecule has 3 heterocycles. The van der Waals surface area contributed by atoms with Crippen molar-refractivity contribution in [2.24, 2.45) is 10.9 Å². The zero-order valence-corrected chi connectivity index (χ0v) is 21.2. The quantitative estimate of drug-likeness (QED) is 0.659. The standard InChI is InChI=1S/C27H36N6O3/c1-27(2)24(31-23-25(28)29-17-30-26(23)36-27)21-9-7-20(8-10-21)19-5-3-18(4-6-19)15-32-11-13-33(14-12-32)22(35)16-34/h7-10,17-19,34H,3-6,11-16H2,1-2H3,(H2,28,29,30). The van der Waals surface area contributed by atoms with E-state index in [0.717, 1.165) is 44.0 Å². The summed E-state index contributed by atoms with van der Waals surface area (Å²) >= 11 is 0. The summed E-state index contributed by atoms with van der Waals surface area (Å²) in [4.78, 5) is 29.0. The molecule has 1 saturated carbocycles. The molecular weight excluding hydrogens is 456 g/mol. The Morgan fingerprint density at radius 2 is 1.78 bits per heavy atom. The number of nitrogen functional groups attached to an aromatic ring is 1. The first-order valence-electron chi connectivity index (χ1n) is 12.9. The number of fused-ring (bicyclic) bond motifs is 1. The third-order valence-electron chi connectivity index (χ3n) is 7.84. The number of hydrogen-bond donors (Lipinski definition) is 2. The summed E-state index contributed by atoms with van der Waals surface area (Å²) in [5, 5.41) is 9.06. The zero-order valence-electron chi connectivity index (χ0n) is 21.2. The number of nitrogens with zero attached hydrogens (tertiary/aromatic N) is 5. The van der Waals surface area contributed by atoms with Crippen molar-refractivity contribution in [2.45, 2.75) is 51.0 Å². The Labute approximate surface area is 212 Å². The third-order valence-corrected chi connectivity index (χ3v) is 7.84. The van der Waals surface area contributed by atoms with E-state index < -0.39 is 5.60 Å². The minimum absolute atomic E-state index is 0.157. The Balaban J connectivity index is 1.18. The Hall–Kier alpha value is -3.04. The second-order valence-corrected chi connectivity index (χ2v) is 10.7. The van der Waals surface area contributed by atoms with E-state index in [1.165, 1.54) is 37.6 Å². The molecule has 1 amide bonds. The molecule has 36 heavy (non-hydrogen) atoms. The molecule has 0 atom stereocenters. The van der Waals surface area contributed by atoms with Crippen molar-refractivity contribution >= 4 is 23.1 Å². The highest BCUT2D eigenvalue weighted by atomic mass is 16.5. The van der Waals surface area contributed by atoms with Crippen molar-refractivity contribution < 1.29 is 14.6 Å². The van der Waals surface area contributed by atoms with Gasteiger partial charge in [-0.15, -0.1) is 0 Å². The molecule has 192 valence electrons. The van der Waals surface area contributed by atoms with Crippen LogP contribution in [0.4, 0.5) is 11.5 Å². The fourth-order valence-corrected chi connectivity index (χ4v) is 5.74. The summed E-state index contributed by atoms with van der Waals surface area (Å²) in [5.41, 5.74) is 9.12. The molecule has 2 fully saturated rings. The number of ether oxygens (including phenoxy) is 1. The van der Waals surface area contributed by atoms with Gasteiger partial charge in [-0.1, -0.05) is 24.3 Å². The lowest BCUT2D eigenvalue weighted by Gasteiger charge is -2.38. The Bertz CT molecular complexity index is 1120. The van der Waals surface area contributed by atoms with E-state index in [9.17, 15) is 4.79 Å². The fourth-order valence-electron chi connectivity index (χ4n) is 5.74. The van der Waals surface area contributed by atoms with Gasteiger partial charge in [-0.2, -0.15) is 4.98 Å². The van der Waals surface area contributed by atoms with Crippen LogP contribution in [-0.2, 0) is 4.79 Å². The molecule has 9 heteroatoms. The fraction of sp³-hybridized carbons (Fsp3) is 0.556. The highest BCUT2D eigenvalue weighted by Gasteiger charge is 2.35. The number of aromatic nitrogens is 2. The number of aliphatic hydroxyl groups excluding tert-OH is 1. The molecule has 0 unspecified atom stereocenters. The summed E-state index contributed by atoms with van der Waals surface area (Å²) in [6, 6.07) is 8.75. The first-order valence-corrected chi connectivity index (χ1v) is 12.9. The smallest absolute Gasteiger partial charge is 0.248 e. The van der Waals surface area contributed by atoms with Gasteiger partial charge in [0.2, 0.25) is 11.8 Å². The maximum Gasteiger partial charge on any atom is 0.248 e. The van der Waals surface area contributed by atoms with E-state index in [0.29, 0.717) is 29.2 Å². The molecular formula is C27H36N6O3. The van der Waals surface area contributed by atoms with Crippen molar-refractivity contribution in [3.63, 3.8) is 0 Å². The number of rotatable bonds is 5. The number of amides is 1. The van der Waals surface area contributed by atoms with E-state index in [1.54, 1.807) is 4.90 Å². The third kappa shape index (κ3) is 5.08. The molecule has 5 rings (SSSR count). The zero-order chi connectivity index (χ0) is 25.3. The summed E-state index contributed by atoms with van der Waals surface area (Å²) in [6.45, 7) is 7.95. The van der Waals surface area contributed by atoms with Gasteiger partial charge in [0.1, 0.15) is 18.5 Å². The van der Waals surface area contributed by atoms with Crippen LogP contribution in [0.5, 0.6) is 5.88 Å². The number of carbonyl (C=O) groups excluding carboxylic acids is 1. The Morgan fingerprint density at radius 1 is 1.08 bits per heavy atom. The molecule has 3 aliphatic rings. The average Bonchev–Trinajstić information content (AvgIpc) is 2.89. The van der Waals surface area contributed by atoms with Crippen LogP contribution in [0.25, 0.3) is 0 Å². The van der Waals surface area contributed by atoms with E-state index >= 15 is 0 Å². The molecule has 2 aromatic rings. The lowest BCUT2D eigenvalue weighted by Crippen LogP contribution is -2.50. The van der Waals surface area contributed by atoms with Gasteiger partial charge in [0.15, 0.2) is 11.5 Å². The molecule has 0 radical (unpaired) electrons. The van der Waals surface area contributed by atoms with Crippen LogP contribution in [0.15, 0.2) is 35.6 Å². The van der Waals surface area contributed by atoms with Crippen LogP contribution in [-0.4, -0.2) is 81.4 Å². The topological polar surface area (TPSA) is 117 Å². The molecule has 1 saturated heterocycles. The first-order chi connectivity index (χ1) is 17.3. The Kier molecular flexibility index (Phi) is 6.94. The van der Waals surface area contributed by atoms with Gasteiger partial charge in [-0.05, 0) is 56.9 Å². The largest absolute Gasteiger partial charge is 0.463 e. The van der Waals surface area contributed by atoms with E-state index in [-0.39, 0.29) is 12.5 Å². The van der Waals surface area contributed by atoms with Crippen LogP contribution >= 0.6 is 0 Å². The summed E-state index contributed by atoms with van der Waals surface area (Å²) < 4.78 is 6.11. The predicted octanol–water partition coefficient (Wildman–Crippen LogP) is 2.76. The molecule has 9 nitrogen and oxygen atoms in total. The molecule has 1 aliphatic carbocycles. The van der Waals surface area contributed by atoms with Crippen molar-refractivity contribution in [1.82, 2.24) is 19.8 Å². The number of aliphatic hydroxyl groups is 1. The van der Waals surface area contributed by atoms with Gasteiger partial charge in [-0.25, -0.2) is 9.98 Å².